The minimum Gasteiger partial charge on any atom is -0.494 e. The van der Waals surface area contributed by atoms with Gasteiger partial charge in [0.2, 0.25) is 5.91 Å². The van der Waals surface area contributed by atoms with Gasteiger partial charge in [0.15, 0.2) is 5.13 Å². The Kier molecular flexibility index (Phi) is 6.44. The number of aromatic nitrogens is 1. The molecule has 0 bridgehead atoms. The number of ether oxygens (including phenoxy) is 1. The van der Waals surface area contributed by atoms with E-state index in [0.717, 1.165) is 55.4 Å². The summed E-state index contributed by atoms with van der Waals surface area (Å²) in [5.41, 5.74) is 2.41. The Morgan fingerprint density at radius 1 is 1.00 bits per heavy atom. The molecule has 2 heterocycles. The summed E-state index contributed by atoms with van der Waals surface area (Å²) >= 11 is 1.75. The van der Waals surface area contributed by atoms with Gasteiger partial charge in [0.05, 0.1) is 16.8 Å². The second-order valence-electron chi connectivity index (χ2n) is 8.48. The van der Waals surface area contributed by atoms with Crippen LogP contribution < -0.4 is 9.64 Å². The fourth-order valence-corrected chi connectivity index (χ4v) is 5.37. The van der Waals surface area contributed by atoms with Crippen LogP contribution in [0.5, 0.6) is 5.75 Å². The highest BCUT2D eigenvalue weighted by Gasteiger charge is 2.23. The van der Waals surface area contributed by atoms with Gasteiger partial charge in [0, 0.05) is 32.6 Å². The maximum Gasteiger partial charge on any atom is 0.222 e. The van der Waals surface area contributed by atoms with Crippen LogP contribution in [0.15, 0.2) is 60.7 Å². The first kappa shape index (κ1) is 21.7. The number of piperazine rings is 1. The topological polar surface area (TPSA) is 45.7 Å². The standard InChI is InChI=1S/C27H29N3O2S/c1-2-20-9-12-24-25(18-20)33-27(28-24)30-15-13-29(14-16-30)26(31)8-5-17-32-23-11-10-21-6-3-4-7-22(21)19-23/h3-4,6-7,9-12,18-19H,2,5,8,13-17H2,1H3. The van der Waals surface area contributed by atoms with Crippen LogP contribution in [0.3, 0.4) is 0 Å². The lowest BCUT2D eigenvalue weighted by Crippen LogP contribution is -2.48. The molecule has 6 heteroatoms. The van der Waals surface area contributed by atoms with Gasteiger partial charge in [0.1, 0.15) is 5.75 Å². The fraction of sp³-hybridized carbons (Fsp3) is 0.333. The van der Waals surface area contributed by atoms with E-state index in [2.05, 4.69) is 54.3 Å². The molecular formula is C27H29N3O2S. The maximum atomic E-state index is 12.7. The lowest BCUT2D eigenvalue weighted by molar-refractivity contribution is -0.131. The van der Waals surface area contributed by atoms with Gasteiger partial charge in [-0.1, -0.05) is 54.7 Å². The molecular weight excluding hydrogens is 430 g/mol. The van der Waals surface area contributed by atoms with Gasteiger partial charge in [-0.05, 0) is 53.4 Å². The molecule has 4 aromatic rings. The predicted molar refractivity (Wildman–Crippen MR) is 136 cm³/mol. The first-order valence-corrected chi connectivity index (χ1v) is 12.5. The molecule has 1 aliphatic heterocycles. The summed E-state index contributed by atoms with van der Waals surface area (Å²) in [5, 5.41) is 3.44. The van der Waals surface area contributed by atoms with E-state index in [1.807, 2.05) is 23.1 Å². The van der Waals surface area contributed by atoms with Crippen molar-refractivity contribution in [3.05, 3.63) is 66.2 Å². The van der Waals surface area contributed by atoms with Gasteiger partial charge in [-0.3, -0.25) is 4.79 Å². The Hall–Kier alpha value is -3.12. The summed E-state index contributed by atoms with van der Waals surface area (Å²) in [4.78, 5) is 21.8. The molecule has 0 radical (unpaired) electrons. The van der Waals surface area contributed by atoms with Crippen molar-refractivity contribution in [1.82, 2.24) is 9.88 Å². The van der Waals surface area contributed by atoms with Gasteiger partial charge < -0.3 is 14.5 Å². The molecule has 170 valence electrons. The molecule has 1 fully saturated rings. The summed E-state index contributed by atoms with van der Waals surface area (Å²) in [6.07, 6.45) is 2.29. The minimum atomic E-state index is 0.216. The largest absolute Gasteiger partial charge is 0.494 e. The van der Waals surface area contributed by atoms with Gasteiger partial charge in [-0.25, -0.2) is 4.98 Å². The zero-order valence-electron chi connectivity index (χ0n) is 19.0. The number of amides is 1. The number of carbonyl (C=O) groups excluding carboxylic acids is 1. The Morgan fingerprint density at radius 3 is 2.64 bits per heavy atom. The number of benzene rings is 3. The van der Waals surface area contributed by atoms with E-state index in [4.69, 9.17) is 9.72 Å². The number of fused-ring (bicyclic) bond motifs is 2. The molecule has 0 aliphatic carbocycles. The lowest BCUT2D eigenvalue weighted by Gasteiger charge is -2.34. The Balaban J connectivity index is 1.08. The maximum absolute atomic E-state index is 12.7. The van der Waals surface area contributed by atoms with E-state index in [-0.39, 0.29) is 5.91 Å². The number of nitrogens with zero attached hydrogens (tertiary/aromatic N) is 3. The number of thiazole rings is 1. The van der Waals surface area contributed by atoms with Crippen LogP contribution in [0.2, 0.25) is 0 Å². The minimum absolute atomic E-state index is 0.216. The van der Waals surface area contributed by atoms with Crippen molar-refractivity contribution in [2.45, 2.75) is 26.2 Å². The first-order chi connectivity index (χ1) is 16.2. The third-order valence-corrected chi connectivity index (χ3v) is 7.36. The van der Waals surface area contributed by atoms with Crippen LogP contribution in [0.4, 0.5) is 5.13 Å². The molecule has 5 rings (SSSR count). The average Bonchev–Trinajstić information content (AvgIpc) is 3.30. The number of hydrogen-bond acceptors (Lipinski definition) is 5. The number of anilines is 1. The smallest absolute Gasteiger partial charge is 0.222 e. The molecule has 3 aromatic carbocycles. The van der Waals surface area contributed by atoms with Crippen LogP contribution >= 0.6 is 11.3 Å². The SMILES string of the molecule is CCc1ccc2nc(N3CCN(C(=O)CCCOc4ccc5ccccc5c4)CC3)sc2c1. The van der Waals surface area contributed by atoms with Crippen LogP contribution in [0.25, 0.3) is 21.0 Å². The third-order valence-electron chi connectivity index (χ3n) is 6.28. The molecule has 1 aromatic heterocycles. The number of carbonyl (C=O) groups is 1. The van der Waals surface area contributed by atoms with Crippen LogP contribution in [-0.4, -0.2) is 48.6 Å². The van der Waals surface area contributed by atoms with E-state index in [0.29, 0.717) is 13.0 Å². The average molecular weight is 460 g/mol. The molecule has 1 aliphatic rings. The van der Waals surface area contributed by atoms with Gasteiger partial charge in [-0.2, -0.15) is 0 Å². The summed E-state index contributed by atoms with van der Waals surface area (Å²) < 4.78 is 7.13. The van der Waals surface area contributed by atoms with E-state index in [1.165, 1.54) is 21.0 Å². The number of rotatable bonds is 7. The van der Waals surface area contributed by atoms with Crippen LogP contribution in [0, 0.1) is 0 Å². The van der Waals surface area contributed by atoms with Crippen molar-refractivity contribution in [2.75, 3.05) is 37.7 Å². The van der Waals surface area contributed by atoms with Gasteiger partial charge in [0.25, 0.3) is 0 Å². The van der Waals surface area contributed by atoms with E-state index in [9.17, 15) is 4.79 Å². The zero-order chi connectivity index (χ0) is 22.6. The zero-order valence-corrected chi connectivity index (χ0v) is 19.8. The quantitative estimate of drug-likeness (QED) is 0.342. The highest BCUT2D eigenvalue weighted by atomic mass is 32.1. The summed E-state index contributed by atoms with van der Waals surface area (Å²) in [7, 11) is 0. The monoisotopic (exact) mass is 459 g/mol. The third kappa shape index (κ3) is 4.96. The molecule has 0 unspecified atom stereocenters. The van der Waals surface area contributed by atoms with Gasteiger partial charge in [-0.15, -0.1) is 0 Å². The van der Waals surface area contributed by atoms with E-state index in [1.54, 1.807) is 11.3 Å². The fourth-order valence-electron chi connectivity index (χ4n) is 4.29. The van der Waals surface area contributed by atoms with Crippen LogP contribution in [0.1, 0.15) is 25.3 Å². The molecule has 33 heavy (non-hydrogen) atoms. The summed E-state index contributed by atoms with van der Waals surface area (Å²) in [6, 6.07) is 20.9. The van der Waals surface area contributed by atoms with Crippen molar-refractivity contribution >= 4 is 43.4 Å². The lowest BCUT2D eigenvalue weighted by atomic mass is 10.1. The molecule has 0 atom stereocenters. The van der Waals surface area contributed by atoms with Crippen molar-refractivity contribution < 1.29 is 9.53 Å². The molecule has 0 N–H and O–H groups in total. The summed E-state index contributed by atoms with van der Waals surface area (Å²) in [6.45, 7) is 5.89. The van der Waals surface area contributed by atoms with Gasteiger partial charge >= 0.3 is 0 Å². The normalized spacial score (nSPS) is 14.2. The van der Waals surface area contributed by atoms with Crippen molar-refractivity contribution in [1.29, 1.82) is 0 Å². The second kappa shape index (κ2) is 9.79. The molecule has 5 nitrogen and oxygen atoms in total. The Labute approximate surface area is 198 Å². The Bertz CT molecular complexity index is 1260. The molecule has 1 saturated heterocycles. The van der Waals surface area contributed by atoms with Crippen molar-refractivity contribution in [2.24, 2.45) is 0 Å². The van der Waals surface area contributed by atoms with E-state index >= 15 is 0 Å². The molecule has 0 saturated carbocycles. The second-order valence-corrected chi connectivity index (χ2v) is 9.49. The molecule has 1 amide bonds. The van der Waals surface area contributed by atoms with Crippen molar-refractivity contribution in [3.8, 4) is 5.75 Å². The first-order valence-electron chi connectivity index (χ1n) is 11.7. The summed E-state index contributed by atoms with van der Waals surface area (Å²) in [5.74, 6) is 1.07. The highest BCUT2D eigenvalue weighted by Crippen LogP contribution is 2.30. The predicted octanol–water partition coefficient (Wildman–Crippen LogP) is 5.52. The highest BCUT2D eigenvalue weighted by molar-refractivity contribution is 7.22. The Morgan fingerprint density at radius 2 is 1.82 bits per heavy atom. The number of aryl methyl sites for hydroxylation is 1. The van der Waals surface area contributed by atoms with E-state index < -0.39 is 0 Å². The number of hydrogen-bond donors (Lipinski definition) is 0. The van der Waals surface area contributed by atoms with Crippen molar-refractivity contribution in [3.63, 3.8) is 0 Å². The van der Waals surface area contributed by atoms with Crippen LogP contribution in [-0.2, 0) is 11.2 Å². The molecule has 0 spiro atoms.